The Kier molecular flexibility index (Phi) is 6.86. The summed E-state index contributed by atoms with van der Waals surface area (Å²) >= 11 is 0. The number of piperidine rings is 1. The molecular weight excluding hydrogens is 371 g/mol. The highest BCUT2D eigenvalue weighted by molar-refractivity contribution is 5.79. The third-order valence-electron chi connectivity index (χ3n) is 5.33. The number of carbonyl (C=O) groups is 2. The molecule has 0 spiro atoms. The number of likely N-dealkylation sites (tertiary alicyclic amines) is 1. The summed E-state index contributed by atoms with van der Waals surface area (Å²) in [7, 11) is 0. The van der Waals surface area contributed by atoms with Crippen molar-refractivity contribution in [3.05, 3.63) is 65.0 Å². The van der Waals surface area contributed by atoms with Crippen LogP contribution in [0, 0.1) is 19.7 Å². The van der Waals surface area contributed by atoms with Gasteiger partial charge in [-0.2, -0.15) is 0 Å². The molecule has 29 heavy (non-hydrogen) atoms. The maximum absolute atomic E-state index is 12.9. The Balaban J connectivity index is 1.40. The van der Waals surface area contributed by atoms with Gasteiger partial charge in [-0.25, -0.2) is 4.39 Å². The third kappa shape index (κ3) is 6.04. The van der Waals surface area contributed by atoms with Gasteiger partial charge >= 0.3 is 0 Å². The number of hydrogen-bond donors (Lipinski definition) is 1. The topological polar surface area (TPSA) is 58.6 Å². The highest BCUT2D eigenvalue weighted by Gasteiger charge is 2.24. The number of nitrogens with zero attached hydrogens (tertiary/aromatic N) is 1. The van der Waals surface area contributed by atoms with E-state index in [9.17, 15) is 14.0 Å². The minimum Gasteiger partial charge on any atom is -0.484 e. The van der Waals surface area contributed by atoms with E-state index in [1.54, 1.807) is 17.0 Å². The molecule has 3 rings (SSSR count). The quantitative estimate of drug-likeness (QED) is 0.813. The zero-order valence-corrected chi connectivity index (χ0v) is 16.9. The molecule has 2 aromatic carbocycles. The van der Waals surface area contributed by atoms with E-state index in [0.29, 0.717) is 31.7 Å². The number of carbonyl (C=O) groups excluding carboxylic acids is 2. The Labute approximate surface area is 170 Å². The number of benzene rings is 2. The van der Waals surface area contributed by atoms with Crippen LogP contribution in [0.3, 0.4) is 0 Å². The smallest absolute Gasteiger partial charge is 0.260 e. The van der Waals surface area contributed by atoms with Crippen molar-refractivity contribution in [3.63, 3.8) is 0 Å². The molecule has 0 atom stereocenters. The number of halogens is 1. The maximum atomic E-state index is 12.9. The van der Waals surface area contributed by atoms with Crippen LogP contribution >= 0.6 is 0 Å². The predicted molar refractivity (Wildman–Crippen MR) is 109 cm³/mol. The van der Waals surface area contributed by atoms with Gasteiger partial charge in [0.25, 0.3) is 5.91 Å². The number of hydrogen-bond acceptors (Lipinski definition) is 3. The van der Waals surface area contributed by atoms with Crippen LogP contribution < -0.4 is 10.1 Å². The Morgan fingerprint density at radius 1 is 1.07 bits per heavy atom. The fraction of sp³-hybridized carbons (Fsp3) is 0.391. The van der Waals surface area contributed by atoms with Crippen molar-refractivity contribution >= 4 is 11.8 Å². The SMILES string of the molecule is Cc1ccc(OCC(=O)N2CCC(NC(=O)Cc3ccc(F)cc3)CC2)cc1C. The van der Waals surface area contributed by atoms with Gasteiger partial charge in [0.15, 0.2) is 6.61 Å². The van der Waals surface area contributed by atoms with E-state index >= 15 is 0 Å². The van der Waals surface area contributed by atoms with Gasteiger partial charge < -0.3 is 15.0 Å². The standard InChI is InChI=1S/C23H27FN2O3/c1-16-3-8-21(13-17(16)2)29-15-23(28)26-11-9-20(10-12-26)25-22(27)14-18-4-6-19(24)7-5-18/h3-8,13,20H,9-12,14-15H2,1-2H3,(H,25,27). The number of amides is 2. The fourth-order valence-electron chi connectivity index (χ4n) is 3.38. The molecular formula is C23H27FN2O3. The number of ether oxygens (including phenoxy) is 1. The average molecular weight is 398 g/mol. The average Bonchev–Trinajstić information content (AvgIpc) is 2.71. The van der Waals surface area contributed by atoms with Crippen molar-refractivity contribution in [2.75, 3.05) is 19.7 Å². The van der Waals surface area contributed by atoms with Gasteiger partial charge in [0.1, 0.15) is 11.6 Å². The summed E-state index contributed by atoms with van der Waals surface area (Å²) in [6.45, 7) is 5.25. The molecule has 1 fully saturated rings. The fourth-order valence-corrected chi connectivity index (χ4v) is 3.38. The van der Waals surface area contributed by atoms with Crippen molar-refractivity contribution in [2.45, 2.75) is 39.2 Å². The van der Waals surface area contributed by atoms with Crippen molar-refractivity contribution in [1.82, 2.24) is 10.2 Å². The molecule has 1 heterocycles. The lowest BCUT2D eigenvalue weighted by Gasteiger charge is -2.32. The maximum Gasteiger partial charge on any atom is 0.260 e. The molecule has 5 nitrogen and oxygen atoms in total. The number of aryl methyl sites for hydroxylation is 2. The first-order valence-corrected chi connectivity index (χ1v) is 9.92. The van der Waals surface area contributed by atoms with Crippen LogP contribution in [0.4, 0.5) is 4.39 Å². The Morgan fingerprint density at radius 2 is 1.76 bits per heavy atom. The molecule has 0 aromatic heterocycles. The molecule has 1 saturated heterocycles. The molecule has 2 amide bonds. The molecule has 1 N–H and O–H groups in total. The van der Waals surface area contributed by atoms with E-state index < -0.39 is 0 Å². The molecule has 1 aliphatic rings. The highest BCUT2D eigenvalue weighted by atomic mass is 19.1. The van der Waals surface area contributed by atoms with Crippen LogP contribution in [0.15, 0.2) is 42.5 Å². The second-order valence-corrected chi connectivity index (χ2v) is 7.56. The lowest BCUT2D eigenvalue weighted by molar-refractivity contribution is -0.134. The molecule has 2 aromatic rings. The minimum absolute atomic E-state index is 0.0179. The van der Waals surface area contributed by atoms with Crippen LogP contribution in [-0.4, -0.2) is 42.5 Å². The second-order valence-electron chi connectivity index (χ2n) is 7.56. The molecule has 1 aliphatic heterocycles. The highest BCUT2D eigenvalue weighted by Crippen LogP contribution is 2.17. The summed E-state index contributed by atoms with van der Waals surface area (Å²) in [5.74, 6) is 0.260. The van der Waals surface area contributed by atoms with E-state index in [1.807, 2.05) is 32.0 Å². The Bertz CT molecular complexity index is 859. The zero-order chi connectivity index (χ0) is 20.8. The van der Waals surface area contributed by atoms with Gasteiger partial charge in [0.05, 0.1) is 6.42 Å². The van der Waals surface area contributed by atoms with Crippen molar-refractivity contribution in [2.24, 2.45) is 0 Å². The lowest BCUT2D eigenvalue weighted by Crippen LogP contribution is -2.48. The van der Waals surface area contributed by atoms with Crippen LogP contribution in [0.5, 0.6) is 5.75 Å². The first kappa shape index (κ1) is 20.8. The summed E-state index contributed by atoms with van der Waals surface area (Å²) < 4.78 is 18.6. The summed E-state index contributed by atoms with van der Waals surface area (Å²) in [5.41, 5.74) is 3.10. The van der Waals surface area contributed by atoms with Crippen molar-refractivity contribution in [3.8, 4) is 5.75 Å². The molecule has 0 unspecified atom stereocenters. The van der Waals surface area contributed by atoms with Crippen molar-refractivity contribution < 1.29 is 18.7 Å². The Hall–Kier alpha value is -2.89. The number of nitrogens with one attached hydrogen (secondary N) is 1. The van der Waals surface area contributed by atoms with Gasteiger partial charge in [-0.1, -0.05) is 18.2 Å². The van der Waals surface area contributed by atoms with E-state index in [4.69, 9.17) is 4.74 Å². The summed E-state index contributed by atoms with van der Waals surface area (Å²) in [6.07, 6.45) is 1.65. The monoisotopic (exact) mass is 398 g/mol. The third-order valence-corrected chi connectivity index (χ3v) is 5.33. The molecule has 0 bridgehead atoms. The summed E-state index contributed by atoms with van der Waals surface area (Å²) in [4.78, 5) is 26.4. The summed E-state index contributed by atoms with van der Waals surface area (Å²) in [5, 5.41) is 3.01. The van der Waals surface area contributed by atoms with E-state index in [-0.39, 0.29) is 36.7 Å². The van der Waals surface area contributed by atoms with Crippen LogP contribution in [0.25, 0.3) is 0 Å². The van der Waals surface area contributed by atoms with Crippen molar-refractivity contribution in [1.29, 1.82) is 0 Å². The van der Waals surface area contributed by atoms with Crippen LogP contribution in [0.1, 0.15) is 29.5 Å². The molecule has 0 saturated carbocycles. The normalized spacial score (nSPS) is 14.5. The summed E-state index contributed by atoms with van der Waals surface area (Å²) in [6, 6.07) is 11.8. The molecule has 0 radical (unpaired) electrons. The van der Waals surface area contributed by atoms with E-state index in [0.717, 1.165) is 11.1 Å². The minimum atomic E-state index is -0.312. The van der Waals surface area contributed by atoms with E-state index in [1.165, 1.54) is 17.7 Å². The molecule has 6 heteroatoms. The number of rotatable bonds is 6. The van der Waals surface area contributed by atoms with Crippen LogP contribution in [0.2, 0.25) is 0 Å². The van der Waals surface area contributed by atoms with Gasteiger partial charge in [-0.05, 0) is 67.6 Å². The van der Waals surface area contributed by atoms with Crippen LogP contribution in [-0.2, 0) is 16.0 Å². The second kappa shape index (κ2) is 9.54. The van der Waals surface area contributed by atoms with Gasteiger partial charge in [-0.15, -0.1) is 0 Å². The van der Waals surface area contributed by atoms with Gasteiger partial charge in [0.2, 0.25) is 5.91 Å². The lowest BCUT2D eigenvalue weighted by atomic mass is 10.0. The van der Waals surface area contributed by atoms with E-state index in [2.05, 4.69) is 5.32 Å². The zero-order valence-electron chi connectivity index (χ0n) is 16.9. The molecule has 154 valence electrons. The first-order valence-electron chi connectivity index (χ1n) is 9.92. The van der Waals surface area contributed by atoms with Gasteiger partial charge in [0, 0.05) is 19.1 Å². The Morgan fingerprint density at radius 3 is 2.41 bits per heavy atom. The molecule has 0 aliphatic carbocycles. The predicted octanol–water partition coefficient (Wildman–Crippen LogP) is 3.17. The first-order chi connectivity index (χ1) is 13.9. The largest absolute Gasteiger partial charge is 0.484 e. The van der Waals surface area contributed by atoms with Gasteiger partial charge in [-0.3, -0.25) is 9.59 Å².